The first kappa shape index (κ1) is 18.2. The third-order valence-corrected chi connectivity index (χ3v) is 3.88. The van der Waals surface area contributed by atoms with E-state index in [1.807, 2.05) is 20.8 Å². The van der Waals surface area contributed by atoms with Crippen LogP contribution in [0.2, 0.25) is 0 Å². The summed E-state index contributed by atoms with van der Waals surface area (Å²) in [6.45, 7) is 5.46. The molecule has 6 heteroatoms. The lowest BCUT2D eigenvalue weighted by molar-refractivity contribution is -0.147. The van der Waals surface area contributed by atoms with Crippen molar-refractivity contribution in [3.8, 4) is 6.07 Å². The quantitative estimate of drug-likeness (QED) is 0.709. The van der Waals surface area contributed by atoms with Crippen LogP contribution in [0.4, 0.5) is 13.2 Å². The Morgan fingerprint density at radius 2 is 1.95 bits per heavy atom. The molecule has 0 heterocycles. The molecule has 1 unspecified atom stereocenters. The maximum absolute atomic E-state index is 12.6. The van der Waals surface area contributed by atoms with Crippen LogP contribution in [0.15, 0.2) is 0 Å². The second kappa shape index (κ2) is 7.46. The fourth-order valence-electron chi connectivity index (χ4n) is 2.72. The van der Waals surface area contributed by atoms with Gasteiger partial charge >= 0.3 is 6.18 Å². The summed E-state index contributed by atoms with van der Waals surface area (Å²) in [5.74, 6) is 0. The van der Waals surface area contributed by atoms with E-state index in [0.29, 0.717) is 25.8 Å². The Kier molecular flexibility index (Phi) is 6.48. The fraction of sp³-hybridized carbons (Fsp3) is 0.933. The Hall–Kier alpha value is -0.800. The van der Waals surface area contributed by atoms with Crippen LogP contribution in [0, 0.1) is 11.3 Å². The van der Waals surface area contributed by atoms with Gasteiger partial charge in [0.15, 0.2) is 0 Å². The van der Waals surface area contributed by atoms with E-state index < -0.39 is 18.3 Å². The van der Waals surface area contributed by atoms with Crippen molar-refractivity contribution in [3.63, 3.8) is 0 Å². The molecule has 1 atom stereocenters. The van der Waals surface area contributed by atoms with Crippen LogP contribution >= 0.6 is 0 Å². The van der Waals surface area contributed by atoms with Gasteiger partial charge in [0.05, 0.1) is 12.6 Å². The van der Waals surface area contributed by atoms with Gasteiger partial charge in [-0.1, -0.05) is 6.92 Å². The Morgan fingerprint density at radius 3 is 2.33 bits per heavy atom. The summed E-state index contributed by atoms with van der Waals surface area (Å²) in [6, 6.07) is 2.58. The molecule has 0 aromatic carbocycles. The molecule has 0 spiro atoms. The average molecular weight is 305 g/mol. The number of alkyl halides is 3. The zero-order chi connectivity index (χ0) is 16.1. The number of halogens is 3. The summed E-state index contributed by atoms with van der Waals surface area (Å²) in [5.41, 5.74) is -0.623. The topological polar surface area (TPSA) is 39.1 Å². The van der Waals surface area contributed by atoms with Gasteiger partial charge in [-0.25, -0.2) is 0 Å². The largest absolute Gasteiger partial charge is 0.401 e. The van der Waals surface area contributed by atoms with Gasteiger partial charge in [-0.2, -0.15) is 18.4 Å². The molecule has 122 valence electrons. The van der Waals surface area contributed by atoms with Crippen molar-refractivity contribution in [2.24, 2.45) is 0 Å². The molecule has 1 aliphatic rings. The lowest BCUT2D eigenvalue weighted by atomic mass is 9.91. The van der Waals surface area contributed by atoms with Crippen LogP contribution < -0.4 is 5.32 Å². The third kappa shape index (κ3) is 6.66. The summed E-state index contributed by atoms with van der Waals surface area (Å²) in [4.78, 5) is 1.52. The maximum atomic E-state index is 12.6. The smallest absolute Gasteiger partial charge is 0.297 e. The predicted octanol–water partition coefficient (Wildman–Crippen LogP) is 3.46. The van der Waals surface area contributed by atoms with Gasteiger partial charge in [0.2, 0.25) is 0 Å². The fourth-order valence-corrected chi connectivity index (χ4v) is 2.72. The molecule has 1 saturated carbocycles. The van der Waals surface area contributed by atoms with E-state index in [1.54, 1.807) is 0 Å². The van der Waals surface area contributed by atoms with E-state index in [0.717, 1.165) is 12.8 Å². The first-order valence-electron chi connectivity index (χ1n) is 7.71. The minimum absolute atomic E-state index is 0.0859. The first-order chi connectivity index (χ1) is 9.71. The molecule has 21 heavy (non-hydrogen) atoms. The molecule has 0 bridgehead atoms. The molecule has 1 rings (SSSR count). The van der Waals surface area contributed by atoms with Crippen molar-refractivity contribution < 1.29 is 13.2 Å². The normalized spacial score (nSPS) is 18.8. The van der Waals surface area contributed by atoms with E-state index in [1.165, 1.54) is 4.90 Å². The Labute approximate surface area is 125 Å². The summed E-state index contributed by atoms with van der Waals surface area (Å²) < 4.78 is 37.7. The van der Waals surface area contributed by atoms with Crippen molar-refractivity contribution in [2.45, 2.75) is 76.7 Å². The van der Waals surface area contributed by atoms with Crippen LogP contribution in [0.3, 0.4) is 0 Å². The maximum Gasteiger partial charge on any atom is 0.401 e. The molecule has 3 nitrogen and oxygen atoms in total. The number of hydrogen-bond donors (Lipinski definition) is 1. The minimum Gasteiger partial charge on any atom is -0.297 e. The molecule has 0 amide bonds. The van der Waals surface area contributed by atoms with Gasteiger partial charge in [-0.05, 0) is 52.5 Å². The molecule has 0 aromatic heterocycles. The van der Waals surface area contributed by atoms with Gasteiger partial charge in [0.25, 0.3) is 0 Å². The highest BCUT2D eigenvalue weighted by molar-refractivity contribution is 5.07. The van der Waals surface area contributed by atoms with Gasteiger partial charge in [0, 0.05) is 12.1 Å². The van der Waals surface area contributed by atoms with Crippen LogP contribution in [0.5, 0.6) is 0 Å². The second-order valence-electron chi connectivity index (χ2n) is 6.27. The van der Waals surface area contributed by atoms with Gasteiger partial charge in [-0.15, -0.1) is 0 Å². The van der Waals surface area contributed by atoms with E-state index >= 15 is 0 Å². The molecule has 0 aliphatic heterocycles. The summed E-state index contributed by atoms with van der Waals surface area (Å²) in [6.07, 6.45) is -0.581. The van der Waals surface area contributed by atoms with Crippen molar-refractivity contribution in [1.29, 1.82) is 5.26 Å². The number of nitrogens with one attached hydrogen (secondary N) is 1. The Morgan fingerprint density at radius 1 is 1.33 bits per heavy atom. The van der Waals surface area contributed by atoms with Crippen molar-refractivity contribution >= 4 is 0 Å². The molecule has 1 N–H and O–H groups in total. The van der Waals surface area contributed by atoms with E-state index in [2.05, 4.69) is 11.4 Å². The minimum atomic E-state index is -4.14. The molecule has 1 aliphatic carbocycles. The highest BCUT2D eigenvalue weighted by atomic mass is 19.4. The number of nitrogens with zero attached hydrogens (tertiary/aromatic N) is 2. The monoisotopic (exact) mass is 305 g/mol. The van der Waals surface area contributed by atoms with Crippen LogP contribution in [0.1, 0.15) is 52.9 Å². The molecular weight excluding hydrogens is 279 g/mol. The molecule has 0 aromatic rings. The molecular formula is C15H26F3N3. The van der Waals surface area contributed by atoms with Crippen molar-refractivity contribution in [2.75, 3.05) is 13.1 Å². The number of rotatable bonds is 9. The lowest BCUT2D eigenvalue weighted by Gasteiger charge is -2.30. The van der Waals surface area contributed by atoms with Crippen LogP contribution in [0.25, 0.3) is 0 Å². The summed E-state index contributed by atoms with van der Waals surface area (Å²) in [5, 5.41) is 12.7. The zero-order valence-electron chi connectivity index (χ0n) is 13.1. The lowest BCUT2D eigenvalue weighted by Crippen LogP contribution is -2.47. The van der Waals surface area contributed by atoms with Crippen molar-refractivity contribution in [3.05, 3.63) is 0 Å². The van der Waals surface area contributed by atoms with Gasteiger partial charge < -0.3 is 0 Å². The summed E-state index contributed by atoms with van der Waals surface area (Å²) in [7, 11) is 0. The van der Waals surface area contributed by atoms with E-state index in [-0.39, 0.29) is 12.1 Å². The second-order valence-corrected chi connectivity index (χ2v) is 6.27. The predicted molar refractivity (Wildman–Crippen MR) is 76.8 cm³/mol. The zero-order valence-corrected chi connectivity index (χ0v) is 13.1. The van der Waals surface area contributed by atoms with E-state index in [9.17, 15) is 18.4 Å². The summed E-state index contributed by atoms with van der Waals surface area (Å²) >= 11 is 0. The Bertz CT molecular complexity index is 358. The molecule has 0 saturated heterocycles. The number of nitriles is 1. The van der Waals surface area contributed by atoms with E-state index in [4.69, 9.17) is 0 Å². The third-order valence-electron chi connectivity index (χ3n) is 3.88. The Balaban J connectivity index is 2.49. The van der Waals surface area contributed by atoms with Crippen molar-refractivity contribution in [1.82, 2.24) is 10.2 Å². The van der Waals surface area contributed by atoms with Crippen LogP contribution in [-0.2, 0) is 0 Å². The average Bonchev–Trinajstić information content (AvgIpc) is 3.18. The van der Waals surface area contributed by atoms with Gasteiger partial charge in [0.1, 0.15) is 5.54 Å². The highest BCUT2D eigenvalue weighted by Gasteiger charge is 2.38. The van der Waals surface area contributed by atoms with Crippen LogP contribution in [-0.4, -0.2) is 41.8 Å². The SMILES string of the molecule is CCC(C#N)(CCCN(CC(F)(F)F)C1CC1)NC(C)C. The first-order valence-corrected chi connectivity index (χ1v) is 7.71. The number of hydrogen-bond acceptors (Lipinski definition) is 3. The van der Waals surface area contributed by atoms with Gasteiger partial charge in [-0.3, -0.25) is 10.2 Å². The standard InChI is InChI=1S/C15H26F3N3/c1-4-14(10-19,20-12(2)3)8-5-9-21(13-6-7-13)11-15(16,17)18/h12-13,20H,4-9,11H2,1-3H3. The highest BCUT2D eigenvalue weighted by Crippen LogP contribution is 2.30. The molecule has 1 fully saturated rings. The molecule has 0 radical (unpaired) electrons.